The number of aromatic hydroxyl groups is 1. The largest absolute Gasteiger partial charge is 0.508 e. The van der Waals surface area contributed by atoms with Gasteiger partial charge in [0.1, 0.15) is 11.6 Å². The van der Waals surface area contributed by atoms with Gasteiger partial charge in [-0.25, -0.2) is 4.98 Å². The number of aromatic nitrogens is 2. The summed E-state index contributed by atoms with van der Waals surface area (Å²) in [6.45, 7) is 4.63. The van der Waals surface area contributed by atoms with E-state index in [1.54, 1.807) is 12.1 Å². The van der Waals surface area contributed by atoms with Gasteiger partial charge in [0.05, 0.1) is 0 Å². The van der Waals surface area contributed by atoms with Gasteiger partial charge in [-0.15, -0.1) is 0 Å². The lowest BCUT2D eigenvalue weighted by molar-refractivity contribution is 0.475. The van der Waals surface area contributed by atoms with Gasteiger partial charge in [-0.3, -0.25) is 0 Å². The standard InChI is InChI=1S/C13H17N3O/c1-11-15-7-9-16(11)8-6-14-10-12-2-4-13(17)5-3-12/h2-5,7,9,14,17H,6,8,10H2,1H3. The van der Waals surface area contributed by atoms with E-state index in [0.717, 1.165) is 25.5 Å². The molecule has 0 unspecified atom stereocenters. The van der Waals surface area contributed by atoms with Crippen LogP contribution in [-0.4, -0.2) is 21.2 Å². The van der Waals surface area contributed by atoms with Crippen molar-refractivity contribution in [3.63, 3.8) is 0 Å². The molecule has 0 aliphatic heterocycles. The van der Waals surface area contributed by atoms with Crippen molar-refractivity contribution in [2.75, 3.05) is 6.54 Å². The van der Waals surface area contributed by atoms with Crippen LogP contribution in [0.4, 0.5) is 0 Å². The van der Waals surface area contributed by atoms with Gasteiger partial charge in [0, 0.05) is 32.0 Å². The van der Waals surface area contributed by atoms with Crippen molar-refractivity contribution in [3.05, 3.63) is 48.0 Å². The highest BCUT2D eigenvalue weighted by molar-refractivity contribution is 5.25. The third kappa shape index (κ3) is 3.32. The molecule has 4 heteroatoms. The lowest BCUT2D eigenvalue weighted by Gasteiger charge is -2.07. The molecule has 0 saturated heterocycles. The van der Waals surface area contributed by atoms with E-state index < -0.39 is 0 Å². The summed E-state index contributed by atoms with van der Waals surface area (Å²) in [6, 6.07) is 7.25. The fourth-order valence-corrected chi connectivity index (χ4v) is 1.69. The van der Waals surface area contributed by atoms with Gasteiger partial charge in [0.2, 0.25) is 0 Å². The first-order valence-corrected chi connectivity index (χ1v) is 5.72. The Labute approximate surface area is 101 Å². The third-order valence-electron chi connectivity index (χ3n) is 2.72. The molecule has 0 spiro atoms. The zero-order chi connectivity index (χ0) is 12.1. The summed E-state index contributed by atoms with van der Waals surface area (Å²) in [5, 5.41) is 12.5. The molecule has 4 nitrogen and oxygen atoms in total. The van der Waals surface area contributed by atoms with E-state index in [0.29, 0.717) is 5.75 Å². The Kier molecular flexibility index (Phi) is 3.77. The molecule has 0 aliphatic rings. The second kappa shape index (κ2) is 5.50. The summed E-state index contributed by atoms with van der Waals surface area (Å²) < 4.78 is 2.11. The minimum atomic E-state index is 0.308. The van der Waals surface area contributed by atoms with E-state index in [4.69, 9.17) is 5.11 Å². The van der Waals surface area contributed by atoms with E-state index >= 15 is 0 Å². The molecule has 90 valence electrons. The molecule has 0 saturated carbocycles. The van der Waals surface area contributed by atoms with Crippen LogP contribution in [0.15, 0.2) is 36.7 Å². The molecule has 0 radical (unpaired) electrons. The van der Waals surface area contributed by atoms with Crippen LogP contribution in [0.25, 0.3) is 0 Å². The Morgan fingerprint density at radius 1 is 1.29 bits per heavy atom. The minimum absolute atomic E-state index is 0.308. The molecule has 1 heterocycles. The summed E-state index contributed by atoms with van der Waals surface area (Å²) in [5.74, 6) is 1.35. The zero-order valence-electron chi connectivity index (χ0n) is 9.93. The van der Waals surface area contributed by atoms with Crippen molar-refractivity contribution >= 4 is 0 Å². The number of hydrogen-bond acceptors (Lipinski definition) is 3. The van der Waals surface area contributed by atoms with Gasteiger partial charge in [0.25, 0.3) is 0 Å². The molecule has 1 aromatic carbocycles. The third-order valence-corrected chi connectivity index (χ3v) is 2.72. The highest BCUT2D eigenvalue weighted by Gasteiger charge is 1.96. The molecule has 0 fully saturated rings. The second-order valence-electron chi connectivity index (χ2n) is 4.01. The van der Waals surface area contributed by atoms with Crippen LogP contribution in [-0.2, 0) is 13.1 Å². The van der Waals surface area contributed by atoms with Gasteiger partial charge in [-0.05, 0) is 24.6 Å². The molecule has 17 heavy (non-hydrogen) atoms. The fraction of sp³-hybridized carbons (Fsp3) is 0.308. The van der Waals surface area contributed by atoms with Crippen LogP contribution < -0.4 is 5.32 Å². The quantitative estimate of drug-likeness (QED) is 0.770. The van der Waals surface area contributed by atoms with Crippen molar-refractivity contribution in [2.45, 2.75) is 20.0 Å². The van der Waals surface area contributed by atoms with Gasteiger partial charge < -0.3 is 15.0 Å². The number of rotatable bonds is 5. The molecule has 0 bridgehead atoms. The van der Waals surface area contributed by atoms with E-state index in [2.05, 4.69) is 14.9 Å². The van der Waals surface area contributed by atoms with Crippen LogP contribution in [0.1, 0.15) is 11.4 Å². The molecule has 2 N–H and O–H groups in total. The van der Waals surface area contributed by atoms with Crippen molar-refractivity contribution < 1.29 is 5.11 Å². The van der Waals surface area contributed by atoms with Crippen molar-refractivity contribution in [3.8, 4) is 5.75 Å². The topological polar surface area (TPSA) is 50.1 Å². The summed E-state index contributed by atoms with van der Waals surface area (Å²) >= 11 is 0. The Morgan fingerprint density at radius 3 is 2.71 bits per heavy atom. The molecule has 2 rings (SSSR count). The normalized spacial score (nSPS) is 10.6. The fourth-order valence-electron chi connectivity index (χ4n) is 1.69. The van der Waals surface area contributed by atoms with Crippen LogP contribution in [0.3, 0.4) is 0 Å². The Hall–Kier alpha value is -1.81. The van der Waals surface area contributed by atoms with Crippen molar-refractivity contribution in [1.82, 2.24) is 14.9 Å². The van der Waals surface area contributed by atoms with Crippen LogP contribution in [0.5, 0.6) is 5.75 Å². The average Bonchev–Trinajstić information content (AvgIpc) is 2.73. The summed E-state index contributed by atoms with van der Waals surface area (Å²) in [6.07, 6.45) is 3.80. The predicted octanol–water partition coefficient (Wildman–Crippen LogP) is 1.69. The number of phenolic OH excluding ortho intramolecular Hbond substituents is 1. The predicted molar refractivity (Wildman–Crippen MR) is 66.8 cm³/mol. The van der Waals surface area contributed by atoms with Crippen LogP contribution in [0.2, 0.25) is 0 Å². The number of imidazole rings is 1. The van der Waals surface area contributed by atoms with E-state index in [1.165, 1.54) is 5.56 Å². The Bertz CT molecular complexity index is 462. The first-order chi connectivity index (χ1) is 8.25. The lowest BCUT2D eigenvalue weighted by Crippen LogP contribution is -2.19. The number of benzene rings is 1. The van der Waals surface area contributed by atoms with Crippen molar-refractivity contribution in [2.24, 2.45) is 0 Å². The van der Waals surface area contributed by atoms with E-state index in [-0.39, 0.29) is 0 Å². The molecule has 0 amide bonds. The van der Waals surface area contributed by atoms with Gasteiger partial charge in [-0.1, -0.05) is 12.1 Å². The highest BCUT2D eigenvalue weighted by Crippen LogP contribution is 2.08. The first-order valence-electron chi connectivity index (χ1n) is 5.72. The lowest BCUT2D eigenvalue weighted by atomic mass is 10.2. The Morgan fingerprint density at radius 2 is 2.06 bits per heavy atom. The molecule has 1 aromatic heterocycles. The number of aryl methyl sites for hydroxylation is 1. The minimum Gasteiger partial charge on any atom is -0.508 e. The summed E-state index contributed by atoms with van der Waals surface area (Å²) in [5.41, 5.74) is 1.17. The number of nitrogens with zero attached hydrogens (tertiary/aromatic N) is 2. The molecule has 0 atom stereocenters. The van der Waals surface area contributed by atoms with Gasteiger partial charge in [0.15, 0.2) is 0 Å². The smallest absolute Gasteiger partial charge is 0.115 e. The highest BCUT2D eigenvalue weighted by atomic mass is 16.3. The zero-order valence-corrected chi connectivity index (χ0v) is 9.93. The Balaban J connectivity index is 1.73. The van der Waals surface area contributed by atoms with E-state index in [9.17, 15) is 0 Å². The number of nitrogens with one attached hydrogen (secondary N) is 1. The second-order valence-corrected chi connectivity index (χ2v) is 4.01. The molecular weight excluding hydrogens is 214 g/mol. The SMILES string of the molecule is Cc1nccn1CCNCc1ccc(O)cc1. The maximum absolute atomic E-state index is 9.15. The maximum Gasteiger partial charge on any atom is 0.115 e. The monoisotopic (exact) mass is 231 g/mol. The molecule has 0 aliphatic carbocycles. The summed E-state index contributed by atoms with van der Waals surface area (Å²) in [4.78, 5) is 4.17. The van der Waals surface area contributed by atoms with Crippen LogP contribution >= 0.6 is 0 Å². The number of phenols is 1. The van der Waals surface area contributed by atoms with Gasteiger partial charge in [-0.2, -0.15) is 0 Å². The van der Waals surface area contributed by atoms with Gasteiger partial charge >= 0.3 is 0 Å². The number of hydrogen-bond donors (Lipinski definition) is 2. The van der Waals surface area contributed by atoms with E-state index in [1.807, 2.05) is 31.5 Å². The maximum atomic E-state index is 9.15. The van der Waals surface area contributed by atoms with Crippen LogP contribution in [0, 0.1) is 6.92 Å². The molecular formula is C13H17N3O. The average molecular weight is 231 g/mol. The summed E-state index contributed by atoms with van der Waals surface area (Å²) in [7, 11) is 0. The first kappa shape index (κ1) is 11.7. The molecule has 2 aromatic rings. The van der Waals surface area contributed by atoms with Crippen molar-refractivity contribution in [1.29, 1.82) is 0 Å².